The Balaban J connectivity index is 1.13. The summed E-state index contributed by atoms with van der Waals surface area (Å²) in [6.45, 7) is 19.3. The first-order valence-electron chi connectivity index (χ1n) is 18.3. The fraction of sp³-hybridized carbons (Fsp3) is 0.972. The van der Waals surface area contributed by atoms with Crippen LogP contribution in [0.25, 0.3) is 0 Å². The van der Waals surface area contributed by atoms with Gasteiger partial charge in [0.1, 0.15) is 11.7 Å². The zero-order valence-electron chi connectivity index (χ0n) is 29.4. The van der Waals surface area contributed by atoms with Gasteiger partial charge in [-0.1, -0.05) is 32.9 Å². The number of hydrogen-bond donors (Lipinski definition) is 0. The summed E-state index contributed by atoms with van der Waals surface area (Å²) in [6, 6.07) is 0. The quantitative estimate of drug-likeness (QED) is 0.181. The van der Waals surface area contributed by atoms with Crippen molar-refractivity contribution < 1.29 is 43.3 Å². The molecular weight excluding hydrogens is 590 g/mol. The van der Waals surface area contributed by atoms with Crippen LogP contribution in [0, 0.1) is 47.3 Å². The van der Waals surface area contributed by atoms with Crippen LogP contribution < -0.4 is 0 Å². The van der Waals surface area contributed by atoms with Gasteiger partial charge in [0.05, 0.1) is 11.8 Å². The molecule has 4 bridgehead atoms. The van der Waals surface area contributed by atoms with Crippen LogP contribution in [0.15, 0.2) is 5.16 Å². The SMILES string of the molecule is C[C@H]1[C@@H](/C(C[C@H]2O[C@@H]3OC4(C)CC[C@H]5[C@H](C)CC[C@@H]([C@H]2C)[C@@]35OO4)=N\OC(C)(C)C)O[C@@H]2OC3(C)CC[C@H]4[C@H](C)CC[C@@H]1[C@@]24OO3. The third kappa shape index (κ3) is 4.74. The van der Waals surface area contributed by atoms with Crippen LogP contribution in [0.5, 0.6) is 0 Å². The number of hydrogen-bond acceptors (Lipinski definition) is 10. The van der Waals surface area contributed by atoms with Crippen LogP contribution in [-0.4, -0.2) is 58.9 Å². The highest BCUT2D eigenvalue weighted by molar-refractivity contribution is 5.89. The van der Waals surface area contributed by atoms with E-state index in [2.05, 4.69) is 27.7 Å². The zero-order chi connectivity index (χ0) is 32.4. The first kappa shape index (κ1) is 32.4. The van der Waals surface area contributed by atoms with Gasteiger partial charge in [0, 0.05) is 31.1 Å². The number of oxime groups is 1. The monoisotopic (exact) mass is 647 g/mol. The molecule has 16 atom stereocenters. The molecular formula is C36H57NO9. The van der Waals surface area contributed by atoms with E-state index in [0.29, 0.717) is 30.1 Å². The van der Waals surface area contributed by atoms with E-state index in [1.807, 2.05) is 34.6 Å². The predicted octanol–water partition coefficient (Wildman–Crippen LogP) is 7.05. The van der Waals surface area contributed by atoms with Gasteiger partial charge in [0.15, 0.2) is 23.8 Å². The van der Waals surface area contributed by atoms with Gasteiger partial charge < -0.3 is 23.8 Å². The molecule has 10 fully saturated rings. The first-order valence-corrected chi connectivity index (χ1v) is 18.3. The molecule has 46 heavy (non-hydrogen) atoms. The molecule has 8 heterocycles. The van der Waals surface area contributed by atoms with Crippen molar-refractivity contribution in [3.05, 3.63) is 0 Å². The zero-order valence-corrected chi connectivity index (χ0v) is 29.4. The molecule has 10 heteroatoms. The summed E-state index contributed by atoms with van der Waals surface area (Å²) in [7, 11) is 0. The van der Waals surface area contributed by atoms with Crippen molar-refractivity contribution in [1.82, 2.24) is 0 Å². The lowest BCUT2D eigenvalue weighted by atomic mass is 9.56. The van der Waals surface area contributed by atoms with Crippen molar-refractivity contribution in [1.29, 1.82) is 0 Å². The minimum absolute atomic E-state index is 0.106. The maximum absolute atomic E-state index is 7.08. The summed E-state index contributed by atoms with van der Waals surface area (Å²) in [6.07, 6.45) is 7.03. The van der Waals surface area contributed by atoms with E-state index in [-0.39, 0.29) is 35.9 Å². The number of ether oxygens (including phenoxy) is 4. The molecule has 0 amide bonds. The fourth-order valence-electron chi connectivity index (χ4n) is 11.1. The van der Waals surface area contributed by atoms with Crippen molar-refractivity contribution in [2.24, 2.45) is 52.5 Å². The van der Waals surface area contributed by atoms with Crippen LogP contribution in [0.3, 0.4) is 0 Å². The van der Waals surface area contributed by atoms with Crippen LogP contribution in [0.1, 0.15) is 120 Å². The molecule has 8 aliphatic heterocycles. The van der Waals surface area contributed by atoms with Gasteiger partial charge in [-0.05, 0) is 109 Å². The molecule has 2 saturated carbocycles. The van der Waals surface area contributed by atoms with Crippen LogP contribution in [-0.2, 0) is 43.3 Å². The van der Waals surface area contributed by atoms with Gasteiger partial charge in [-0.3, -0.25) is 0 Å². The predicted molar refractivity (Wildman–Crippen MR) is 167 cm³/mol. The molecule has 0 radical (unpaired) electrons. The Morgan fingerprint density at radius 3 is 1.74 bits per heavy atom. The minimum atomic E-state index is -0.833. The van der Waals surface area contributed by atoms with E-state index in [1.54, 1.807) is 0 Å². The Morgan fingerprint density at radius 1 is 0.674 bits per heavy atom. The van der Waals surface area contributed by atoms with Crippen molar-refractivity contribution in [3.63, 3.8) is 0 Å². The highest BCUT2D eigenvalue weighted by Crippen LogP contribution is 2.63. The van der Waals surface area contributed by atoms with Crippen LogP contribution in [0.4, 0.5) is 0 Å². The standard InChI is InChI=1S/C36H57NO9/c1-19-10-12-25-21(3)28(38-30-35(25)23(19)14-16-33(8,40-30)43-45-35)18-27(37-42-32(5,6)7)29-22(4)26-13-11-20(2)24-15-17-34(9)41-31(39-29)36(24,26)46-44-34/h19-26,28-31H,10-18H2,1-9H3/b37-27-/t19-,20-,21-,22-,23+,24+,25+,26+,28-,29+,30-,31-,33?,34?,35-,36-/m1/s1. The third-order valence-electron chi connectivity index (χ3n) is 13.6. The highest BCUT2D eigenvalue weighted by Gasteiger charge is 2.71. The Kier molecular flexibility index (Phi) is 7.61. The smallest absolute Gasteiger partial charge is 0.201 e. The van der Waals surface area contributed by atoms with E-state index in [0.717, 1.165) is 50.7 Å². The van der Waals surface area contributed by atoms with E-state index < -0.39 is 41.0 Å². The molecule has 260 valence electrons. The molecule has 8 saturated heterocycles. The molecule has 2 spiro atoms. The van der Waals surface area contributed by atoms with Crippen molar-refractivity contribution in [2.75, 3.05) is 0 Å². The van der Waals surface area contributed by atoms with Crippen molar-refractivity contribution >= 4 is 5.71 Å². The molecule has 2 unspecified atom stereocenters. The maximum atomic E-state index is 7.08. The lowest BCUT2D eigenvalue weighted by molar-refractivity contribution is -0.571. The summed E-state index contributed by atoms with van der Waals surface area (Å²) >= 11 is 0. The molecule has 10 nitrogen and oxygen atoms in total. The van der Waals surface area contributed by atoms with E-state index >= 15 is 0 Å². The third-order valence-corrected chi connectivity index (χ3v) is 13.6. The van der Waals surface area contributed by atoms with Gasteiger partial charge in [0.2, 0.25) is 11.6 Å². The van der Waals surface area contributed by atoms with Gasteiger partial charge in [-0.25, -0.2) is 19.6 Å². The summed E-state index contributed by atoms with van der Waals surface area (Å²) in [5.74, 6) is 0.738. The van der Waals surface area contributed by atoms with Gasteiger partial charge in [-0.15, -0.1) is 0 Å². The van der Waals surface area contributed by atoms with Crippen LogP contribution >= 0.6 is 0 Å². The Morgan fingerprint density at radius 2 is 1.20 bits per heavy atom. The Hall–Kier alpha value is -0.850. The summed E-state index contributed by atoms with van der Waals surface area (Å²) in [5.41, 5.74) is -0.832. The van der Waals surface area contributed by atoms with Gasteiger partial charge in [-0.2, -0.15) is 0 Å². The normalized spacial score (nSPS) is 56.4. The fourth-order valence-corrected chi connectivity index (χ4v) is 11.1. The van der Waals surface area contributed by atoms with Crippen molar-refractivity contribution in [3.8, 4) is 0 Å². The molecule has 2 aliphatic carbocycles. The largest absolute Gasteiger partial charge is 0.390 e. The summed E-state index contributed by atoms with van der Waals surface area (Å²) in [5, 5.41) is 4.92. The Labute approximate surface area is 274 Å². The second kappa shape index (κ2) is 10.8. The van der Waals surface area contributed by atoms with E-state index in [9.17, 15) is 0 Å². The van der Waals surface area contributed by atoms with Gasteiger partial charge >= 0.3 is 0 Å². The second-order valence-corrected chi connectivity index (χ2v) is 17.8. The lowest BCUT2D eigenvalue weighted by Gasteiger charge is -2.61. The van der Waals surface area contributed by atoms with E-state index in [1.165, 1.54) is 6.42 Å². The minimum Gasteiger partial charge on any atom is -0.390 e. The average Bonchev–Trinajstić information content (AvgIpc) is 3.37. The highest BCUT2D eigenvalue weighted by atomic mass is 17.3. The second-order valence-electron chi connectivity index (χ2n) is 17.8. The lowest BCUT2D eigenvalue weighted by Crippen LogP contribution is -2.71. The van der Waals surface area contributed by atoms with Crippen molar-refractivity contribution in [2.45, 2.75) is 173 Å². The number of rotatable bonds is 4. The maximum Gasteiger partial charge on any atom is 0.201 e. The molecule has 10 rings (SSSR count). The summed E-state index contributed by atoms with van der Waals surface area (Å²) < 4.78 is 27.5. The van der Waals surface area contributed by atoms with E-state index in [4.69, 9.17) is 48.5 Å². The molecule has 0 N–H and O–H groups in total. The van der Waals surface area contributed by atoms with Crippen LogP contribution in [0.2, 0.25) is 0 Å². The molecule has 10 aliphatic rings. The topological polar surface area (TPSA) is 95.4 Å². The average molecular weight is 648 g/mol. The molecule has 0 aromatic rings. The molecule has 0 aromatic heterocycles. The van der Waals surface area contributed by atoms with Gasteiger partial charge in [0.25, 0.3) is 0 Å². The first-order chi connectivity index (χ1) is 21.7. The Bertz CT molecular complexity index is 1220. The number of nitrogens with zero attached hydrogens (tertiary/aromatic N) is 1. The number of fused-ring (bicyclic) bond motifs is 4. The molecule has 0 aromatic carbocycles. The summed E-state index contributed by atoms with van der Waals surface area (Å²) in [4.78, 5) is 31.2.